The van der Waals surface area contributed by atoms with Crippen LogP contribution in [0.15, 0.2) is 57.4 Å². The standard InChI is InChI=1S/C15H11NO3S2/c17-15(18)11-4-1-2-6-13(11)20-8-10-9-21-14(16-10)12-5-3-7-19-12/h1-7,9H,8H2,(H,17,18). The van der Waals surface area contributed by atoms with Gasteiger partial charge in [-0.15, -0.1) is 23.1 Å². The molecule has 106 valence electrons. The Kier molecular flexibility index (Phi) is 4.08. The molecule has 0 aliphatic heterocycles. The largest absolute Gasteiger partial charge is 0.478 e. The molecule has 0 saturated heterocycles. The highest BCUT2D eigenvalue weighted by Gasteiger charge is 2.11. The summed E-state index contributed by atoms with van der Waals surface area (Å²) in [5.41, 5.74) is 1.24. The lowest BCUT2D eigenvalue weighted by atomic mass is 10.2. The van der Waals surface area contributed by atoms with Crippen molar-refractivity contribution in [2.24, 2.45) is 0 Å². The maximum atomic E-state index is 11.2. The van der Waals surface area contributed by atoms with E-state index in [4.69, 9.17) is 9.52 Å². The van der Waals surface area contributed by atoms with Gasteiger partial charge in [0.15, 0.2) is 10.8 Å². The Balaban J connectivity index is 1.73. The number of benzene rings is 1. The molecular formula is C15H11NO3S2. The fraction of sp³-hybridized carbons (Fsp3) is 0.0667. The van der Waals surface area contributed by atoms with Crippen LogP contribution in [0.25, 0.3) is 10.8 Å². The zero-order valence-electron chi connectivity index (χ0n) is 10.9. The van der Waals surface area contributed by atoms with Crippen molar-refractivity contribution in [2.45, 2.75) is 10.6 Å². The molecule has 0 bridgehead atoms. The molecule has 0 spiro atoms. The number of carboxylic acids is 1. The highest BCUT2D eigenvalue weighted by Crippen LogP contribution is 2.29. The summed E-state index contributed by atoms with van der Waals surface area (Å²) in [5.74, 6) is 0.469. The number of carboxylic acid groups (broad SMARTS) is 1. The quantitative estimate of drug-likeness (QED) is 0.707. The first kappa shape index (κ1) is 13.9. The topological polar surface area (TPSA) is 63.3 Å². The normalized spacial score (nSPS) is 10.7. The van der Waals surface area contributed by atoms with Gasteiger partial charge in [0.05, 0.1) is 17.5 Å². The monoisotopic (exact) mass is 317 g/mol. The predicted octanol–water partition coefficient (Wildman–Crippen LogP) is 4.39. The van der Waals surface area contributed by atoms with Gasteiger partial charge in [0.25, 0.3) is 0 Å². The molecule has 0 aliphatic carbocycles. The third-order valence-corrected chi connectivity index (χ3v) is 4.79. The van der Waals surface area contributed by atoms with Gasteiger partial charge in [-0.2, -0.15) is 0 Å². The van der Waals surface area contributed by atoms with Gasteiger partial charge in [-0.05, 0) is 24.3 Å². The van der Waals surface area contributed by atoms with Crippen LogP contribution in [-0.2, 0) is 5.75 Å². The number of thiazole rings is 1. The van der Waals surface area contributed by atoms with Crippen molar-refractivity contribution in [2.75, 3.05) is 0 Å². The summed E-state index contributed by atoms with van der Waals surface area (Å²) in [7, 11) is 0. The van der Waals surface area contributed by atoms with E-state index in [1.165, 1.54) is 23.1 Å². The van der Waals surface area contributed by atoms with Crippen molar-refractivity contribution >= 4 is 29.1 Å². The number of carbonyl (C=O) groups is 1. The molecule has 0 atom stereocenters. The molecule has 0 amide bonds. The first-order valence-electron chi connectivity index (χ1n) is 6.17. The summed E-state index contributed by atoms with van der Waals surface area (Å²) in [4.78, 5) is 16.4. The van der Waals surface area contributed by atoms with Gasteiger partial charge in [0.1, 0.15) is 0 Å². The number of hydrogen-bond donors (Lipinski definition) is 1. The molecule has 21 heavy (non-hydrogen) atoms. The highest BCUT2D eigenvalue weighted by molar-refractivity contribution is 7.98. The minimum absolute atomic E-state index is 0.323. The zero-order chi connectivity index (χ0) is 14.7. The Labute approximate surface area is 129 Å². The third-order valence-electron chi connectivity index (χ3n) is 2.78. The Hall–Kier alpha value is -2.05. The van der Waals surface area contributed by atoms with E-state index in [-0.39, 0.29) is 0 Å². The lowest BCUT2D eigenvalue weighted by Crippen LogP contribution is -1.98. The predicted molar refractivity (Wildman–Crippen MR) is 82.8 cm³/mol. The summed E-state index contributed by atoms with van der Waals surface area (Å²) in [5, 5.41) is 12.0. The molecule has 1 aromatic carbocycles. The van der Waals surface area contributed by atoms with Gasteiger partial charge >= 0.3 is 5.97 Å². The molecule has 1 N–H and O–H groups in total. The van der Waals surface area contributed by atoms with Crippen LogP contribution in [-0.4, -0.2) is 16.1 Å². The first-order valence-corrected chi connectivity index (χ1v) is 8.04. The van der Waals surface area contributed by atoms with Crippen molar-refractivity contribution in [3.8, 4) is 10.8 Å². The minimum Gasteiger partial charge on any atom is -0.478 e. The van der Waals surface area contributed by atoms with Gasteiger partial charge in [0, 0.05) is 16.0 Å². The van der Waals surface area contributed by atoms with Crippen LogP contribution in [0.3, 0.4) is 0 Å². The maximum absolute atomic E-state index is 11.2. The number of aromatic carboxylic acids is 1. The molecule has 3 aromatic rings. The van der Waals surface area contributed by atoms with E-state index in [1.807, 2.05) is 29.6 Å². The van der Waals surface area contributed by atoms with Gasteiger partial charge in [-0.3, -0.25) is 0 Å². The van der Waals surface area contributed by atoms with Gasteiger partial charge in [-0.1, -0.05) is 12.1 Å². The molecule has 3 rings (SSSR count). The summed E-state index contributed by atoms with van der Waals surface area (Å²) in [6, 6.07) is 10.7. The second-order valence-electron chi connectivity index (χ2n) is 4.21. The maximum Gasteiger partial charge on any atom is 0.336 e. The molecule has 0 fully saturated rings. The Morgan fingerprint density at radius 3 is 2.90 bits per heavy atom. The third kappa shape index (κ3) is 3.17. The van der Waals surface area contributed by atoms with E-state index in [2.05, 4.69) is 4.98 Å². The SMILES string of the molecule is O=C(O)c1ccccc1SCc1csc(-c2ccco2)n1. The average Bonchev–Trinajstić information content (AvgIpc) is 3.16. The fourth-order valence-electron chi connectivity index (χ4n) is 1.81. The van der Waals surface area contributed by atoms with E-state index in [0.29, 0.717) is 11.3 Å². The van der Waals surface area contributed by atoms with E-state index < -0.39 is 5.97 Å². The van der Waals surface area contributed by atoms with Gasteiger partial charge in [0.2, 0.25) is 0 Å². The van der Waals surface area contributed by atoms with Crippen molar-refractivity contribution in [3.05, 3.63) is 59.3 Å². The molecule has 2 heterocycles. The fourth-order valence-corrected chi connectivity index (χ4v) is 3.64. The van der Waals surface area contributed by atoms with Crippen molar-refractivity contribution in [1.82, 2.24) is 4.98 Å². The molecule has 0 unspecified atom stereocenters. The minimum atomic E-state index is -0.910. The number of thioether (sulfide) groups is 1. The molecular weight excluding hydrogens is 306 g/mol. The van der Waals surface area contributed by atoms with Gasteiger partial charge < -0.3 is 9.52 Å². The molecule has 0 saturated carbocycles. The number of nitrogens with zero attached hydrogens (tertiary/aromatic N) is 1. The Morgan fingerprint density at radius 2 is 2.14 bits per heavy atom. The second kappa shape index (κ2) is 6.15. The lowest BCUT2D eigenvalue weighted by Gasteiger charge is -2.03. The van der Waals surface area contributed by atoms with Crippen LogP contribution >= 0.6 is 23.1 Å². The smallest absolute Gasteiger partial charge is 0.336 e. The number of aromatic nitrogens is 1. The summed E-state index contributed by atoms with van der Waals surface area (Å²) in [6.07, 6.45) is 1.62. The summed E-state index contributed by atoms with van der Waals surface area (Å²) in [6.45, 7) is 0. The van der Waals surface area contributed by atoms with E-state index in [9.17, 15) is 4.79 Å². The Morgan fingerprint density at radius 1 is 1.29 bits per heavy atom. The molecule has 2 aromatic heterocycles. The molecule has 6 heteroatoms. The number of furan rings is 1. The highest BCUT2D eigenvalue weighted by atomic mass is 32.2. The number of rotatable bonds is 5. The molecule has 0 radical (unpaired) electrons. The van der Waals surface area contributed by atoms with Crippen molar-refractivity contribution < 1.29 is 14.3 Å². The lowest BCUT2D eigenvalue weighted by molar-refractivity contribution is 0.0693. The summed E-state index contributed by atoms with van der Waals surface area (Å²) >= 11 is 2.99. The zero-order valence-corrected chi connectivity index (χ0v) is 12.5. The van der Waals surface area contributed by atoms with Crippen molar-refractivity contribution in [3.63, 3.8) is 0 Å². The van der Waals surface area contributed by atoms with Crippen LogP contribution in [0, 0.1) is 0 Å². The number of hydrogen-bond acceptors (Lipinski definition) is 5. The van der Waals surface area contributed by atoms with Crippen LogP contribution < -0.4 is 0 Å². The summed E-state index contributed by atoms with van der Waals surface area (Å²) < 4.78 is 5.31. The average molecular weight is 317 g/mol. The van der Waals surface area contributed by atoms with Crippen LogP contribution in [0.4, 0.5) is 0 Å². The van der Waals surface area contributed by atoms with E-state index in [0.717, 1.165) is 21.4 Å². The van der Waals surface area contributed by atoms with Crippen LogP contribution in [0.1, 0.15) is 16.1 Å². The van der Waals surface area contributed by atoms with Crippen LogP contribution in [0.2, 0.25) is 0 Å². The van der Waals surface area contributed by atoms with E-state index >= 15 is 0 Å². The first-order chi connectivity index (χ1) is 10.2. The second-order valence-corrected chi connectivity index (χ2v) is 6.09. The molecule has 4 nitrogen and oxygen atoms in total. The van der Waals surface area contributed by atoms with E-state index in [1.54, 1.807) is 18.4 Å². The van der Waals surface area contributed by atoms with Gasteiger partial charge in [-0.25, -0.2) is 9.78 Å². The van der Waals surface area contributed by atoms with Crippen molar-refractivity contribution in [1.29, 1.82) is 0 Å². The molecule has 0 aliphatic rings. The van der Waals surface area contributed by atoms with Crippen LogP contribution in [0.5, 0.6) is 0 Å². The Bertz CT molecular complexity index is 750.